The van der Waals surface area contributed by atoms with Crippen LogP contribution in [-0.2, 0) is 0 Å². The largest absolute Gasteiger partial charge is 0.389 e. The van der Waals surface area contributed by atoms with E-state index in [4.69, 9.17) is 0 Å². The van der Waals surface area contributed by atoms with Crippen LogP contribution in [0.5, 0.6) is 0 Å². The minimum atomic E-state index is -0.483. The number of carbonyl (C=O) groups is 1. The molecule has 1 fully saturated rings. The van der Waals surface area contributed by atoms with Gasteiger partial charge in [0.25, 0.3) is 0 Å². The molecule has 4 nitrogen and oxygen atoms in total. The van der Waals surface area contributed by atoms with Gasteiger partial charge in [0.05, 0.1) is 6.10 Å². The van der Waals surface area contributed by atoms with E-state index in [1.807, 2.05) is 36.2 Å². The van der Waals surface area contributed by atoms with Crippen LogP contribution in [0.3, 0.4) is 0 Å². The Kier molecular flexibility index (Phi) is 5.62. The molecule has 1 aromatic rings. The molecule has 0 aliphatic heterocycles. The Morgan fingerprint density at radius 1 is 1.19 bits per heavy atom. The lowest BCUT2D eigenvalue weighted by Gasteiger charge is -2.27. The first-order valence-electron chi connectivity index (χ1n) is 7.90. The Balaban J connectivity index is 1.93. The molecule has 0 aromatic heterocycles. The summed E-state index contributed by atoms with van der Waals surface area (Å²) in [6.45, 7) is 1.73. The van der Waals surface area contributed by atoms with E-state index in [9.17, 15) is 9.90 Å². The van der Waals surface area contributed by atoms with Gasteiger partial charge in [0.2, 0.25) is 0 Å². The van der Waals surface area contributed by atoms with Crippen molar-refractivity contribution in [3.63, 3.8) is 0 Å². The van der Waals surface area contributed by atoms with Crippen molar-refractivity contribution in [2.75, 3.05) is 12.4 Å². The van der Waals surface area contributed by atoms with E-state index >= 15 is 0 Å². The number of aliphatic hydroxyl groups is 1. The SMILES string of the molecule is CC(O)c1ccc(NC(=O)N(C)C2CCCCCC2)cc1. The Morgan fingerprint density at radius 3 is 2.29 bits per heavy atom. The average Bonchev–Trinajstić information content (AvgIpc) is 2.76. The first kappa shape index (κ1) is 15.8. The van der Waals surface area contributed by atoms with Gasteiger partial charge < -0.3 is 15.3 Å². The van der Waals surface area contributed by atoms with Crippen LogP contribution in [0, 0.1) is 0 Å². The molecular weight excluding hydrogens is 264 g/mol. The topological polar surface area (TPSA) is 52.6 Å². The van der Waals surface area contributed by atoms with Crippen molar-refractivity contribution in [2.45, 2.75) is 57.6 Å². The number of benzene rings is 1. The van der Waals surface area contributed by atoms with E-state index in [0.717, 1.165) is 24.1 Å². The monoisotopic (exact) mass is 290 g/mol. The van der Waals surface area contributed by atoms with Crippen molar-refractivity contribution < 1.29 is 9.90 Å². The molecule has 1 unspecified atom stereocenters. The number of nitrogens with one attached hydrogen (secondary N) is 1. The van der Waals surface area contributed by atoms with E-state index in [1.165, 1.54) is 25.7 Å². The zero-order valence-corrected chi connectivity index (χ0v) is 13.0. The lowest BCUT2D eigenvalue weighted by molar-refractivity contribution is 0.197. The summed E-state index contributed by atoms with van der Waals surface area (Å²) in [4.78, 5) is 14.1. The molecule has 0 bridgehead atoms. The molecule has 1 aliphatic carbocycles. The van der Waals surface area contributed by atoms with Gasteiger partial charge in [-0.25, -0.2) is 4.79 Å². The zero-order valence-electron chi connectivity index (χ0n) is 13.0. The van der Waals surface area contributed by atoms with Crippen molar-refractivity contribution in [3.8, 4) is 0 Å². The molecule has 2 rings (SSSR count). The number of anilines is 1. The average molecular weight is 290 g/mol. The van der Waals surface area contributed by atoms with Crippen molar-refractivity contribution in [3.05, 3.63) is 29.8 Å². The number of hydrogen-bond acceptors (Lipinski definition) is 2. The highest BCUT2D eigenvalue weighted by molar-refractivity contribution is 5.89. The third kappa shape index (κ3) is 4.46. The van der Waals surface area contributed by atoms with Gasteiger partial charge in [-0.05, 0) is 37.5 Å². The Hall–Kier alpha value is -1.55. The summed E-state index contributed by atoms with van der Waals surface area (Å²) in [5.74, 6) is 0. The van der Waals surface area contributed by atoms with Crippen LogP contribution in [0.1, 0.15) is 57.1 Å². The maximum atomic E-state index is 12.3. The number of amides is 2. The van der Waals surface area contributed by atoms with Crippen molar-refractivity contribution >= 4 is 11.7 Å². The molecule has 1 aliphatic rings. The molecule has 1 atom stereocenters. The highest BCUT2D eigenvalue weighted by Gasteiger charge is 2.21. The lowest BCUT2D eigenvalue weighted by atomic mass is 10.1. The number of aliphatic hydroxyl groups excluding tert-OH is 1. The highest BCUT2D eigenvalue weighted by atomic mass is 16.3. The maximum Gasteiger partial charge on any atom is 0.321 e. The molecule has 1 saturated carbocycles. The predicted octanol–water partition coefficient (Wildman–Crippen LogP) is 3.93. The van der Waals surface area contributed by atoms with Crippen molar-refractivity contribution in [1.82, 2.24) is 4.90 Å². The molecule has 4 heteroatoms. The molecular formula is C17H26N2O2. The fraction of sp³-hybridized carbons (Fsp3) is 0.588. The molecule has 2 N–H and O–H groups in total. The van der Waals surface area contributed by atoms with Crippen LogP contribution >= 0.6 is 0 Å². The number of hydrogen-bond donors (Lipinski definition) is 2. The standard InChI is InChI=1S/C17H26N2O2/c1-13(20)14-9-11-15(12-10-14)18-17(21)19(2)16-7-5-3-4-6-8-16/h9-13,16,20H,3-8H2,1-2H3,(H,18,21). The van der Waals surface area contributed by atoms with Gasteiger partial charge in [-0.1, -0.05) is 37.8 Å². The summed E-state index contributed by atoms with van der Waals surface area (Å²) in [6, 6.07) is 7.65. The van der Waals surface area contributed by atoms with E-state index in [1.54, 1.807) is 6.92 Å². The van der Waals surface area contributed by atoms with Gasteiger partial charge in [0.15, 0.2) is 0 Å². The number of urea groups is 1. The van der Waals surface area contributed by atoms with Crippen LogP contribution in [-0.4, -0.2) is 29.1 Å². The van der Waals surface area contributed by atoms with Crippen LogP contribution < -0.4 is 5.32 Å². The maximum absolute atomic E-state index is 12.3. The highest BCUT2D eigenvalue weighted by Crippen LogP contribution is 2.22. The molecule has 0 radical (unpaired) electrons. The summed E-state index contributed by atoms with van der Waals surface area (Å²) in [6.07, 6.45) is 6.72. The predicted molar refractivity (Wildman–Crippen MR) is 85.3 cm³/mol. The minimum absolute atomic E-state index is 0.0494. The zero-order chi connectivity index (χ0) is 15.2. The molecule has 1 aromatic carbocycles. The summed E-state index contributed by atoms with van der Waals surface area (Å²) in [7, 11) is 1.88. The van der Waals surface area contributed by atoms with E-state index in [0.29, 0.717) is 6.04 Å². The Labute approximate surface area is 127 Å². The van der Waals surface area contributed by atoms with Crippen LogP contribution in [0.25, 0.3) is 0 Å². The smallest absolute Gasteiger partial charge is 0.321 e. The van der Waals surface area contributed by atoms with E-state index in [2.05, 4.69) is 5.32 Å². The summed E-state index contributed by atoms with van der Waals surface area (Å²) < 4.78 is 0. The molecule has 0 heterocycles. The van der Waals surface area contributed by atoms with Crippen molar-refractivity contribution in [2.24, 2.45) is 0 Å². The van der Waals surface area contributed by atoms with Gasteiger partial charge in [-0.3, -0.25) is 0 Å². The van der Waals surface area contributed by atoms with E-state index < -0.39 is 6.10 Å². The summed E-state index contributed by atoms with van der Waals surface area (Å²) >= 11 is 0. The fourth-order valence-electron chi connectivity index (χ4n) is 2.87. The minimum Gasteiger partial charge on any atom is -0.389 e. The van der Waals surface area contributed by atoms with Gasteiger partial charge in [0, 0.05) is 18.8 Å². The Bertz CT molecular complexity index is 448. The Morgan fingerprint density at radius 2 is 1.76 bits per heavy atom. The number of carbonyl (C=O) groups excluding carboxylic acids is 1. The third-order valence-electron chi connectivity index (χ3n) is 4.34. The van der Waals surface area contributed by atoms with Gasteiger partial charge in [-0.15, -0.1) is 0 Å². The quantitative estimate of drug-likeness (QED) is 0.829. The first-order chi connectivity index (χ1) is 10.1. The fourth-order valence-corrected chi connectivity index (χ4v) is 2.87. The molecule has 2 amide bonds. The van der Waals surface area contributed by atoms with Crippen LogP contribution in [0.4, 0.5) is 10.5 Å². The van der Waals surface area contributed by atoms with Gasteiger partial charge in [-0.2, -0.15) is 0 Å². The molecule has 0 spiro atoms. The molecule has 21 heavy (non-hydrogen) atoms. The lowest BCUT2D eigenvalue weighted by Crippen LogP contribution is -2.39. The second-order valence-corrected chi connectivity index (χ2v) is 5.98. The third-order valence-corrected chi connectivity index (χ3v) is 4.34. The van der Waals surface area contributed by atoms with Gasteiger partial charge >= 0.3 is 6.03 Å². The molecule has 116 valence electrons. The van der Waals surface area contributed by atoms with Crippen LogP contribution in [0.15, 0.2) is 24.3 Å². The summed E-state index contributed by atoms with van der Waals surface area (Å²) in [5, 5.41) is 12.4. The number of rotatable bonds is 3. The second-order valence-electron chi connectivity index (χ2n) is 5.98. The van der Waals surface area contributed by atoms with Crippen LogP contribution in [0.2, 0.25) is 0 Å². The number of nitrogens with zero attached hydrogens (tertiary/aromatic N) is 1. The van der Waals surface area contributed by atoms with E-state index in [-0.39, 0.29) is 6.03 Å². The second kappa shape index (κ2) is 7.46. The first-order valence-corrected chi connectivity index (χ1v) is 7.90. The molecule has 0 saturated heterocycles. The van der Waals surface area contributed by atoms with Gasteiger partial charge in [0.1, 0.15) is 0 Å². The summed E-state index contributed by atoms with van der Waals surface area (Å²) in [5.41, 5.74) is 1.62. The normalized spacial score (nSPS) is 17.9. The van der Waals surface area contributed by atoms with Crippen molar-refractivity contribution in [1.29, 1.82) is 0 Å².